The molecule has 0 fully saturated rings. The summed E-state index contributed by atoms with van der Waals surface area (Å²) in [5.41, 5.74) is 1.37. The van der Waals surface area contributed by atoms with Crippen LogP contribution >= 0.6 is 31.9 Å². The van der Waals surface area contributed by atoms with Crippen LogP contribution in [-0.2, 0) is 6.54 Å². The predicted octanol–water partition coefficient (Wildman–Crippen LogP) is 4.06. The second-order valence-electron chi connectivity index (χ2n) is 3.60. The molecule has 0 amide bonds. The zero-order valence-corrected chi connectivity index (χ0v) is 12.2. The molecule has 1 aromatic rings. The van der Waals surface area contributed by atoms with E-state index in [1.54, 1.807) is 0 Å². The molecule has 0 aliphatic heterocycles. The van der Waals surface area contributed by atoms with Gasteiger partial charge in [-0.3, -0.25) is 4.90 Å². The Morgan fingerprint density at radius 3 is 2.67 bits per heavy atom. The molecule has 1 rings (SSSR count). The number of benzene rings is 1. The second-order valence-corrected chi connectivity index (χ2v) is 5.30. The van der Waals surface area contributed by atoms with Crippen LogP contribution in [-0.4, -0.2) is 23.3 Å². The lowest BCUT2D eigenvalue weighted by molar-refractivity contribution is 0.283. The van der Waals surface area contributed by atoms with E-state index in [2.05, 4.69) is 67.9 Å². The van der Waals surface area contributed by atoms with Crippen molar-refractivity contribution in [3.8, 4) is 0 Å². The number of alkyl halides is 1. The zero-order valence-electron chi connectivity index (χ0n) is 9.05. The highest BCUT2D eigenvalue weighted by Gasteiger charge is 2.03. The van der Waals surface area contributed by atoms with Gasteiger partial charge in [0.1, 0.15) is 0 Å². The summed E-state index contributed by atoms with van der Waals surface area (Å²) >= 11 is 7.00. The number of hydrogen-bond acceptors (Lipinski definition) is 1. The number of hydrogen-bond donors (Lipinski definition) is 0. The van der Waals surface area contributed by atoms with Crippen molar-refractivity contribution in [2.24, 2.45) is 0 Å². The Kier molecular flexibility index (Phi) is 6.53. The van der Waals surface area contributed by atoms with Gasteiger partial charge < -0.3 is 0 Å². The van der Waals surface area contributed by atoms with Gasteiger partial charge in [-0.2, -0.15) is 0 Å². The third-order valence-corrected chi connectivity index (χ3v) is 3.08. The molecule has 0 bridgehead atoms. The molecule has 0 atom stereocenters. The molecule has 15 heavy (non-hydrogen) atoms. The van der Waals surface area contributed by atoms with Crippen LogP contribution < -0.4 is 0 Å². The summed E-state index contributed by atoms with van der Waals surface area (Å²) in [6.45, 7) is 5.54. The van der Waals surface area contributed by atoms with Gasteiger partial charge in [-0.15, -0.1) is 0 Å². The minimum Gasteiger partial charge on any atom is -0.298 e. The SMILES string of the molecule is CCCN(CCBr)Cc1cccc(Br)c1. The summed E-state index contributed by atoms with van der Waals surface area (Å²) in [5, 5.41) is 1.04. The van der Waals surface area contributed by atoms with Crippen molar-refractivity contribution < 1.29 is 0 Å². The lowest BCUT2D eigenvalue weighted by Gasteiger charge is -2.20. The van der Waals surface area contributed by atoms with Crippen LogP contribution in [0.5, 0.6) is 0 Å². The van der Waals surface area contributed by atoms with E-state index in [0.717, 1.165) is 29.4 Å². The molecular formula is C12H17Br2N. The van der Waals surface area contributed by atoms with Gasteiger partial charge in [0.15, 0.2) is 0 Å². The first-order valence-electron chi connectivity index (χ1n) is 5.29. The molecule has 0 heterocycles. The Morgan fingerprint density at radius 2 is 2.07 bits per heavy atom. The minimum atomic E-state index is 1.04. The minimum absolute atomic E-state index is 1.04. The van der Waals surface area contributed by atoms with E-state index in [1.165, 1.54) is 12.0 Å². The van der Waals surface area contributed by atoms with Crippen LogP contribution in [0.15, 0.2) is 28.7 Å². The first-order valence-corrected chi connectivity index (χ1v) is 7.20. The molecule has 1 nitrogen and oxygen atoms in total. The van der Waals surface area contributed by atoms with Crippen LogP contribution in [0.1, 0.15) is 18.9 Å². The van der Waals surface area contributed by atoms with Crippen LogP contribution in [0.3, 0.4) is 0 Å². The second kappa shape index (κ2) is 7.42. The normalized spacial score (nSPS) is 10.9. The quantitative estimate of drug-likeness (QED) is 0.709. The Balaban J connectivity index is 2.56. The highest BCUT2D eigenvalue weighted by molar-refractivity contribution is 9.10. The maximum absolute atomic E-state index is 3.50. The molecule has 0 saturated carbocycles. The molecule has 1 aromatic carbocycles. The molecule has 0 saturated heterocycles. The first-order chi connectivity index (χ1) is 7.26. The molecule has 0 N–H and O–H groups in total. The van der Waals surface area contributed by atoms with Crippen molar-refractivity contribution in [2.75, 3.05) is 18.4 Å². The third-order valence-electron chi connectivity index (χ3n) is 2.24. The van der Waals surface area contributed by atoms with Crippen LogP contribution in [0.4, 0.5) is 0 Å². The molecule has 0 aromatic heterocycles. The van der Waals surface area contributed by atoms with Crippen molar-refractivity contribution in [3.63, 3.8) is 0 Å². The molecule has 0 radical (unpaired) electrons. The molecular weight excluding hydrogens is 318 g/mol. The number of halogens is 2. The highest BCUT2D eigenvalue weighted by atomic mass is 79.9. The molecule has 0 spiro atoms. The van der Waals surface area contributed by atoms with Crippen molar-refractivity contribution in [2.45, 2.75) is 19.9 Å². The van der Waals surface area contributed by atoms with Crippen LogP contribution in [0.2, 0.25) is 0 Å². The Hall–Kier alpha value is 0.140. The standard InChI is InChI=1S/C12H17Br2N/c1-2-7-15(8-6-13)10-11-4-3-5-12(14)9-11/h3-5,9H,2,6-8,10H2,1H3. The van der Waals surface area contributed by atoms with E-state index < -0.39 is 0 Å². The third kappa shape index (κ3) is 5.14. The summed E-state index contributed by atoms with van der Waals surface area (Å²) < 4.78 is 1.16. The fourth-order valence-corrected chi connectivity index (χ4v) is 2.55. The van der Waals surface area contributed by atoms with E-state index in [1.807, 2.05) is 0 Å². The summed E-state index contributed by atoms with van der Waals surface area (Å²) in [6, 6.07) is 8.54. The maximum atomic E-state index is 3.50. The summed E-state index contributed by atoms with van der Waals surface area (Å²) in [5.74, 6) is 0. The number of nitrogens with zero attached hydrogens (tertiary/aromatic N) is 1. The monoisotopic (exact) mass is 333 g/mol. The Morgan fingerprint density at radius 1 is 1.27 bits per heavy atom. The van der Waals surface area contributed by atoms with Gasteiger partial charge >= 0.3 is 0 Å². The van der Waals surface area contributed by atoms with Gasteiger partial charge in [-0.25, -0.2) is 0 Å². The van der Waals surface area contributed by atoms with Gasteiger partial charge in [0.05, 0.1) is 0 Å². The van der Waals surface area contributed by atoms with E-state index in [0.29, 0.717) is 0 Å². The van der Waals surface area contributed by atoms with Crippen molar-refractivity contribution in [1.29, 1.82) is 0 Å². The first kappa shape index (κ1) is 13.2. The lowest BCUT2D eigenvalue weighted by Crippen LogP contribution is -2.26. The van der Waals surface area contributed by atoms with Gasteiger partial charge in [-0.1, -0.05) is 50.9 Å². The summed E-state index contributed by atoms with van der Waals surface area (Å²) in [7, 11) is 0. The van der Waals surface area contributed by atoms with Gasteiger partial charge in [0, 0.05) is 22.9 Å². The average Bonchev–Trinajstić information content (AvgIpc) is 2.18. The molecule has 0 aliphatic carbocycles. The lowest BCUT2D eigenvalue weighted by atomic mass is 10.2. The van der Waals surface area contributed by atoms with E-state index in [-0.39, 0.29) is 0 Å². The largest absolute Gasteiger partial charge is 0.298 e. The number of rotatable bonds is 6. The molecule has 3 heteroatoms. The van der Waals surface area contributed by atoms with Crippen molar-refractivity contribution in [3.05, 3.63) is 34.3 Å². The summed E-state index contributed by atoms with van der Waals surface area (Å²) in [4.78, 5) is 2.47. The Labute approximate surface area is 109 Å². The van der Waals surface area contributed by atoms with Gasteiger partial charge in [-0.05, 0) is 30.7 Å². The van der Waals surface area contributed by atoms with E-state index >= 15 is 0 Å². The van der Waals surface area contributed by atoms with Crippen LogP contribution in [0.25, 0.3) is 0 Å². The van der Waals surface area contributed by atoms with Gasteiger partial charge in [0.25, 0.3) is 0 Å². The van der Waals surface area contributed by atoms with E-state index in [9.17, 15) is 0 Å². The highest BCUT2D eigenvalue weighted by Crippen LogP contribution is 2.13. The zero-order chi connectivity index (χ0) is 11.1. The molecule has 84 valence electrons. The smallest absolute Gasteiger partial charge is 0.0234 e. The van der Waals surface area contributed by atoms with Crippen molar-refractivity contribution in [1.82, 2.24) is 4.90 Å². The van der Waals surface area contributed by atoms with Gasteiger partial charge in [0.2, 0.25) is 0 Å². The Bertz CT molecular complexity index is 283. The topological polar surface area (TPSA) is 3.24 Å². The average molecular weight is 335 g/mol. The summed E-state index contributed by atoms with van der Waals surface area (Å²) in [6.07, 6.45) is 1.21. The predicted molar refractivity (Wildman–Crippen MR) is 73.5 cm³/mol. The van der Waals surface area contributed by atoms with Crippen molar-refractivity contribution >= 4 is 31.9 Å². The fraction of sp³-hybridized carbons (Fsp3) is 0.500. The van der Waals surface area contributed by atoms with E-state index in [4.69, 9.17) is 0 Å². The maximum Gasteiger partial charge on any atom is 0.0234 e. The van der Waals surface area contributed by atoms with Crippen LogP contribution in [0, 0.1) is 0 Å². The fourth-order valence-electron chi connectivity index (χ4n) is 1.60. The molecule has 0 aliphatic rings. The molecule has 0 unspecified atom stereocenters.